The molecule has 108 valence electrons. The highest BCUT2D eigenvalue weighted by Crippen LogP contribution is 2.30. The smallest absolute Gasteiger partial charge is 0.367 e. The van der Waals surface area contributed by atoms with E-state index in [1.165, 1.54) is 16.9 Å². The van der Waals surface area contributed by atoms with Gasteiger partial charge in [-0.2, -0.15) is 18.3 Å². The Labute approximate surface area is 113 Å². The first kappa shape index (κ1) is 13.2. The Hall–Kier alpha value is -1.83. The van der Waals surface area contributed by atoms with Crippen LogP contribution in [0.5, 0.6) is 0 Å². The lowest BCUT2D eigenvalue weighted by Gasteiger charge is -2.12. The van der Waals surface area contributed by atoms with Crippen LogP contribution in [0, 0.1) is 0 Å². The van der Waals surface area contributed by atoms with Crippen molar-refractivity contribution in [2.75, 3.05) is 18.4 Å². The van der Waals surface area contributed by atoms with Gasteiger partial charge in [0.05, 0.1) is 0 Å². The van der Waals surface area contributed by atoms with Gasteiger partial charge >= 0.3 is 6.18 Å². The van der Waals surface area contributed by atoms with Crippen LogP contribution in [0.3, 0.4) is 0 Å². The van der Waals surface area contributed by atoms with Gasteiger partial charge in [0, 0.05) is 31.0 Å². The third kappa shape index (κ3) is 2.55. The Kier molecular flexibility index (Phi) is 3.25. The predicted molar refractivity (Wildman–Crippen MR) is 67.5 cm³/mol. The third-order valence-electron chi connectivity index (χ3n) is 3.36. The van der Waals surface area contributed by atoms with E-state index < -0.39 is 11.9 Å². The van der Waals surface area contributed by atoms with E-state index in [1.54, 1.807) is 0 Å². The lowest BCUT2D eigenvalue weighted by atomic mass is 10.2. The number of rotatable bonds is 3. The first-order valence-corrected chi connectivity index (χ1v) is 6.43. The SMILES string of the molecule is FC(F)(F)c1cc2c(NCC3CCCN3)nccn2n1. The van der Waals surface area contributed by atoms with Gasteiger partial charge in [0.2, 0.25) is 0 Å². The topological polar surface area (TPSA) is 54.2 Å². The van der Waals surface area contributed by atoms with Gasteiger partial charge in [0.15, 0.2) is 11.5 Å². The summed E-state index contributed by atoms with van der Waals surface area (Å²) in [4.78, 5) is 4.10. The van der Waals surface area contributed by atoms with Gasteiger partial charge in [0.1, 0.15) is 5.52 Å². The van der Waals surface area contributed by atoms with Crippen molar-refractivity contribution in [3.8, 4) is 0 Å². The Bertz CT molecular complexity index is 601. The standard InChI is InChI=1S/C12H14F3N5/c13-12(14,15)10-6-9-11(17-4-5-20(9)19-10)18-7-8-2-1-3-16-8/h4-6,8,16H,1-3,7H2,(H,17,18). The van der Waals surface area contributed by atoms with E-state index in [-0.39, 0.29) is 0 Å². The molecule has 2 aromatic heterocycles. The van der Waals surface area contributed by atoms with E-state index in [4.69, 9.17) is 0 Å². The van der Waals surface area contributed by atoms with Gasteiger partial charge in [-0.05, 0) is 19.4 Å². The number of anilines is 1. The number of hydrogen-bond acceptors (Lipinski definition) is 4. The molecule has 8 heteroatoms. The molecule has 1 aliphatic heterocycles. The quantitative estimate of drug-likeness (QED) is 0.904. The number of nitrogens with zero attached hydrogens (tertiary/aromatic N) is 3. The number of fused-ring (bicyclic) bond motifs is 1. The molecule has 0 radical (unpaired) electrons. The monoisotopic (exact) mass is 285 g/mol. The number of hydrogen-bond donors (Lipinski definition) is 2. The third-order valence-corrected chi connectivity index (χ3v) is 3.36. The Morgan fingerprint density at radius 3 is 3.00 bits per heavy atom. The van der Waals surface area contributed by atoms with Gasteiger partial charge in [-0.1, -0.05) is 0 Å². The minimum Gasteiger partial charge on any atom is -0.367 e. The minimum absolute atomic E-state index is 0.331. The predicted octanol–water partition coefficient (Wildman–Crippen LogP) is 1.91. The van der Waals surface area contributed by atoms with Crippen molar-refractivity contribution in [1.82, 2.24) is 19.9 Å². The van der Waals surface area contributed by atoms with Crippen LogP contribution < -0.4 is 10.6 Å². The molecule has 0 aliphatic carbocycles. The van der Waals surface area contributed by atoms with Gasteiger partial charge < -0.3 is 10.6 Å². The van der Waals surface area contributed by atoms with Crippen LogP contribution in [0.25, 0.3) is 5.52 Å². The molecule has 3 rings (SSSR count). The molecule has 5 nitrogen and oxygen atoms in total. The maximum Gasteiger partial charge on any atom is 0.435 e. The van der Waals surface area contributed by atoms with E-state index >= 15 is 0 Å². The van der Waals surface area contributed by atoms with E-state index in [9.17, 15) is 13.2 Å². The van der Waals surface area contributed by atoms with Crippen LogP contribution in [-0.4, -0.2) is 33.7 Å². The number of halogens is 3. The zero-order chi connectivity index (χ0) is 14.2. The number of aromatic nitrogens is 3. The summed E-state index contributed by atoms with van der Waals surface area (Å²) in [6, 6.07) is 1.35. The van der Waals surface area contributed by atoms with Crippen molar-refractivity contribution in [3.05, 3.63) is 24.2 Å². The first-order chi connectivity index (χ1) is 9.54. The van der Waals surface area contributed by atoms with Crippen LogP contribution in [0.15, 0.2) is 18.5 Å². The zero-order valence-electron chi connectivity index (χ0n) is 10.6. The molecule has 1 fully saturated rings. The van der Waals surface area contributed by atoms with Gasteiger partial charge in [-0.15, -0.1) is 0 Å². The van der Waals surface area contributed by atoms with Crippen LogP contribution in [0.4, 0.5) is 19.0 Å². The molecule has 0 spiro atoms. The highest BCUT2D eigenvalue weighted by molar-refractivity contribution is 5.68. The molecule has 0 aromatic carbocycles. The highest BCUT2D eigenvalue weighted by atomic mass is 19.4. The van der Waals surface area contributed by atoms with Crippen molar-refractivity contribution in [1.29, 1.82) is 0 Å². The van der Waals surface area contributed by atoms with Crippen molar-refractivity contribution in [2.24, 2.45) is 0 Å². The van der Waals surface area contributed by atoms with Crippen LogP contribution >= 0.6 is 0 Å². The average molecular weight is 285 g/mol. The summed E-state index contributed by atoms with van der Waals surface area (Å²) in [6.07, 6.45) is 0.572. The molecular weight excluding hydrogens is 271 g/mol. The molecule has 20 heavy (non-hydrogen) atoms. The van der Waals surface area contributed by atoms with Crippen molar-refractivity contribution in [2.45, 2.75) is 25.1 Å². The van der Waals surface area contributed by atoms with Crippen molar-refractivity contribution >= 4 is 11.3 Å². The normalized spacial score (nSPS) is 19.6. The molecular formula is C12H14F3N5. The minimum atomic E-state index is -4.45. The second-order valence-electron chi connectivity index (χ2n) is 4.81. The Balaban J connectivity index is 1.84. The van der Waals surface area contributed by atoms with Crippen molar-refractivity contribution < 1.29 is 13.2 Å². The first-order valence-electron chi connectivity index (χ1n) is 6.43. The molecule has 2 aromatic rings. The number of nitrogens with one attached hydrogen (secondary N) is 2. The van der Waals surface area contributed by atoms with Crippen LogP contribution in [0.2, 0.25) is 0 Å². The van der Waals surface area contributed by atoms with E-state index in [1.807, 2.05) is 0 Å². The molecule has 0 bridgehead atoms. The number of alkyl halides is 3. The molecule has 1 unspecified atom stereocenters. The summed E-state index contributed by atoms with van der Waals surface area (Å²) in [5.41, 5.74) is -0.578. The Morgan fingerprint density at radius 2 is 2.30 bits per heavy atom. The summed E-state index contributed by atoms with van der Waals surface area (Å²) < 4.78 is 39.2. The highest BCUT2D eigenvalue weighted by Gasteiger charge is 2.34. The summed E-state index contributed by atoms with van der Waals surface area (Å²) in [5.74, 6) is 0.421. The molecule has 0 saturated carbocycles. The lowest BCUT2D eigenvalue weighted by molar-refractivity contribution is -0.141. The lowest BCUT2D eigenvalue weighted by Crippen LogP contribution is -2.29. The van der Waals surface area contributed by atoms with Crippen LogP contribution in [0.1, 0.15) is 18.5 Å². The summed E-state index contributed by atoms with van der Waals surface area (Å²) in [7, 11) is 0. The second-order valence-corrected chi connectivity index (χ2v) is 4.81. The summed E-state index contributed by atoms with van der Waals surface area (Å²) in [6.45, 7) is 1.62. The summed E-state index contributed by atoms with van der Waals surface area (Å²) >= 11 is 0. The molecule has 1 aliphatic rings. The average Bonchev–Trinajstić information content (AvgIpc) is 3.04. The fraction of sp³-hybridized carbons (Fsp3) is 0.500. The Morgan fingerprint density at radius 1 is 1.45 bits per heavy atom. The van der Waals surface area contributed by atoms with Gasteiger partial charge in [-0.25, -0.2) is 9.50 Å². The van der Waals surface area contributed by atoms with Gasteiger partial charge in [0.25, 0.3) is 0 Å². The van der Waals surface area contributed by atoms with Crippen molar-refractivity contribution in [3.63, 3.8) is 0 Å². The summed E-state index contributed by atoms with van der Waals surface area (Å²) in [5, 5.41) is 9.92. The fourth-order valence-electron chi connectivity index (χ4n) is 2.35. The largest absolute Gasteiger partial charge is 0.435 e. The molecule has 2 N–H and O–H groups in total. The molecule has 1 saturated heterocycles. The molecule has 0 amide bonds. The fourth-order valence-corrected chi connectivity index (χ4v) is 2.35. The maximum absolute atomic E-state index is 12.7. The van der Waals surface area contributed by atoms with E-state index in [0.717, 1.165) is 25.5 Å². The second kappa shape index (κ2) is 4.93. The zero-order valence-corrected chi connectivity index (χ0v) is 10.6. The molecule has 3 heterocycles. The van der Waals surface area contributed by atoms with Gasteiger partial charge in [-0.3, -0.25) is 0 Å². The molecule has 1 atom stereocenters. The van der Waals surface area contributed by atoms with E-state index in [0.29, 0.717) is 23.9 Å². The van der Waals surface area contributed by atoms with E-state index in [2.05, 4.69) is 20.7 Å². The maximum atomic E-state index is 12.7. The van der Waals surface area contributed by atoms with Crippen LogP contribution in [-0.2, 0) is 6.18 Å².